The number of piperidine rings is 1. The molecule has 0 aliphatic carbocycles. The van der Waals surface area contributed by atoms with E-state index in [9.17, 15) is 0 Å². The number of rotatable bonds is 7. The van der Waals surface area contributed by atoms with E-state index in [1.54, 1.807) is 7.11 Å². The van der Waals surface area contributed by atoms with E-state index in [0.29, 0.717) is 12.1 Å². The van der Waals surface area contributed by atoms with E-state index in [4.69, 9.17) is 4.74 Å². The number of hydrogen-bond acceptors (Lipinski definition) is 3. The maximum atomic E-state index is 5.52. The van der Waals surface area contributed by atoms with Crippen LogP contribution in [0, 0.1) is 5.92 Å². The average molecular weight is 290 g/mol. The zero-order valence-corrected chi connectivity index (χ0v) is 13.7. The molecule has 21 heavy (non-hydrogen) atoms. The van der Waals surface area contributed by atoms with Gasteiger partial charge in [0.1, 0.15) is 0 Å². The predicted molar refractivity (Wildman–Crippen MR) is 88.5 cm³/mol. The van der Waals surface area contributed by atoms with Crippen LogP contribution in [-0.4, -0.2) is 44.3 Å². The molecule has 0 radical (unpaired) electrons. The molecule has 2 atom stereocenters. The van der Waals surface area contributed by atoms with Gasteiger partial charge in [-0.15, -0.1) is 0 Å². The molecule has 118 valence electrons. The molecule has 1 aromatic rings. The second-order valence-electron chi connectivity index (χ2n) is 6.38. The van der Waals surface area contributed by atoms with E-state index < -0.39 is 0 Å². The van der Waals surface area contributed by atoms with Gasteiger partial charge < -0.3 is 10.1 Å². The first-order valence-electron chi connectivity index (χ1n) is 8.22. The molecule has 1 heterocycles. The van der Waals surface area contributed by atoms with Crippen LogP contribution >= 0.6 is 0 Å². The molecule has 2 rings (SSSR count). The Morgan fingerprint density at radius 2 is 2.05 bits per heavy atom. The van der Waals surface area contributed by atoms with Gasteiger partial charge in [0, 0.05) is 19.7 Å². The van der Waals surface area contributed by atoms with Crippen molar-refractivity contribution in [2.45, 2.75) is 38.8 Å². The van der Waals surface area contributed by atoms with Crippen LogP contribution < -0.4 is 5.32 Å². The highest BCUT2D eigenvalue weighted by Crippen LogP contribution is 2.26. The topological polar surface area (TPSA) is 24.5 Å². The monoisotopic (exact) mass is 290 g/mol. The lowest BCUT2D eigenvalue weighted by molar-refractivity contribution is 0.0540. The molecular weight excluding hydrogens is 260 g/mol. The minimum atomic E-state index is 0.345. The molecule has 0 amide bonds. The Morgan fingerprint density at radius 3 is 2.62 bits per heavy atom. The summed E-state index contributed by atoms with van der Waals surface area (Å²) in [5, 5.41) is 3.53. The van der Waals surface area contributed by atoms with Crippen LogP contribution in [0.15, 0.2) is 30.3 Å². The zero-order valence-electron chi connectivity index (χ0n) is 13.7. The van der Waals surface area contributed by atoms with Crippen molar-refractivity contribution in [2.24, 2.45) is 5.92 Å². The normalized spacial score (nSPS) is 20.9. The molecule has 1 aliphatic rings. The van der Waals surface area contributed by atoms with Crippen molar-refractivity contribution in [3.63, 3.8) is 0 Å². The fourth-order valence-corrected chi connectivity index (χ4v) is 3.29. The summed E-state index contributed by atoms with van der Waals surface area (Å²) in [5.41, 5.74) is 1.36. The molecule has 1 N–H and O–H groups in total. The van der Waals surface area contributed by atoms with Gasteiger partial charge in [0.05, 0.1) is 12.6 Å². The van der Waals surface area contributed by atoms with Crippen LogP contribution in [0.4, 0.5) is 0 Å². The first-order valence-corrected chi connectivity index (χ1v) is 8.22. The Morgan fingerprint density at radius 1 is 1.29 bits per heavy atom. The summed E-state index contributed by atoms with van der Waals surface area (Å²) in [7, 11) is 1.80. The minimum absolute atomic E-state index is 0.345. The second-order valence-corrected chi connectivity index (χ2v) is 6.38. The van der Waals surface area contributed by atoms with E-state index in [1.165, 1.54) is 24.9 Å². The van der Waals surface area contributed by atoms with Gasteiger partial charge in [-0.1, -0.05) is 30.3 Å². The molecule has 0 saturated carbocycles. The van der Waals surface area contributed by atoms with Crippen molar-refractivity contribution in [3.8, 4) is 0 Å². The molecule has 1 fully saturated rings. The van der Waals surface area contributed by atoms with Crippen LogP contribution in [0.1, 0.15) is 38.3 Å². The highest BCUT2D eigenvalue weighted by atomic mass is 16.5. The Hall–Kier alpha value is -0.900. The van der Waals surface area contributed by atoms with Gasteiger partial charge in [-0.25, -0.2) is 0 Å². The lowest BCUT2D eigenvalue weighted by Crippen LogP contribution is -2.44. The van der Waals surface area contributed by atoms with Crippen molar-refractivity contribution in [3.05, 3.63) is 35.9 Å². The number of nitrogens with one attached hydrogen (secondary N) is 1. The zero-order chi connectivity index (χ0) is 15.1. The SMILES string of the molecule is COCC(c1ccccc1)N(CC1CCCNC1)C(C)C. The van der Waals surface area contributed by atoms with E-state index in [-0.39, 0.29) is 0 Å². The lowest BCUT2D eigenvalue weighted by atomic mass is 9.96. The highest BCUT2D eigenvalue weighted by Gasteiger charge is 2.26. The maximum absolute atomic E-state index is 5.52. The van der Waals surface area contributed by atoms with E-state index >= 15 is 0 Å². The average Bonchev–Trinajstić information content (AvgIpc) is 2.52. The third-order valence-corrected chi connectivity index (χ3v) is 4.44. The summed E-state index contributed by atoms with van der Waals surface area (Å²) < 4.78 is 5.52. The number of hydrogen-bond donors (Lipinski definition) is 1. The van der Waals surface area contributed by atoms with Crippen molar-refractivity contribution >= 4 is 0 Å². The second kappa shape index (κ2) is 8.52. The van der Waals surface area contributed by atoms with Crippen molar-refractivity contribution in [1.82, 2.24) is 10.2 Å². The van der Waals surface area contributed by atoms with E-state index in [1.807, 2.05) is 0 Å². The highest BCUT2D eigenvalue weighted by molar-refractivity contribution is 5.19. The standard InChI is InChI=1S/C18H30N2O/c1-15(2)20(13-16-8-7-11-19-12-16)18(14-21-3)17-9-5-4-6-10-17/h4-6,9-10,15-16,18-19H,7-8,11-14H2,1-3H3. The fraction of sp³-hybridized carbons (Fsp3) is 0.667. The largest absolute Gasteiger partial charge is 0.383 e. The summed E-state index contributed by atoms with van der Waals surface area (Å²) in [6.07, 6.45) is 2.64. The summed E-state index contributed by atoms with van der Waals surface area (Å²) in [6.45, 7) is 8.82. The molecule has 1 aliphatic heterocycles. The summed E-state index contributed by atoms with van der Waals surface area (Å²) in [6, 6.07) is 11.6. The smallest absolute Gasteiger partial charge is 0.0659 e. The first kappa shape index (κ1) is 16.5. The molecule has 1 saturated heterocycles. The third-order valence-electron chi connectivity index (χ3n) is 4.44. The maximum Gasteiger partial charge on any atom is 0.0659 e. The van der Waals surface area contributed by atoms with Gasteiger partial charge in [-0.2, -0.15) is 0 Å². The summed E-state index contributed by atoms with van der Waals surface area (Å²) in [5.74, 6) is 0.754. The van der Waals surface area contributed by atoms with Gasteiger partial charge in [-0.3, -0.25) is 4.90 Å². The molecule has 1 aromatic carbocycles. The fourth-order valence-electron chi connectivity index (χ4n) is 3.29. The van der Waals surface area contributed by atoms with Gasteiger partial charge in [0.15, 0.2) is 0 Å². The molecule has 0 bridgehead atoms. The Balaban J connectivity index is 2.12. The molecule has 3 nitrogen and oxygen atoms in total. The van der Waals surface area contributed by atoms with Crippen LogP contribution in [0.3, 0.4) is 0 Å². The van der Waals surface area contributed by atoms with Gasteiger partial charge in [0.25, 0.3) is 0 Å². The Bertz CT molecular complexity index is 387. The Labute approximate surface area is 129 Å². The van der Waals surface area contributed by atoms with Gasteiger partial charge in [0.2, 0.25) is 0 Å². The molecule has 0 spiro atoms. The van der Waals surface area contributed by atoms with E-state index in [0.717, 1.165) is 25.6 Å². The summed E-state index contributed by atoms with van der Waals surface area (Å²) in [4.78, 5) is 2.61. The molecule has 0 aromatic heterocycles. The Kier molecular flexibility index (Phi) is 6.68. The quantitative estimate of drug-likeness (QED) is 0.835. The van der Waals surface area contributed by atoms with Gasteiger partial charge in [-0.05, 0) is 51.3 Å². The van der Waals surface area contributed by atoms with Crippen LogP contribution in [0.2, 0.25) is 0 Å². The van der Waals surface area contributed by atoms with Gasteiger partial charge >= 0.3 is 0 Å². The minimum Gasteiger partial charge on any atom is -0.383 e. The van der Waals surface area contributed by atoms with Crippen molar-refractivity contribution < 1.29 is 4.74 Å². The number of methoxy groups -OCH3 is 1. The number of benzene rings is 1. The lowest BCUT2D eigenvalue weighted by Gasteiger charge is -2.38. The first-order chi connectivity index (χ1) is 10.2. The summed E-state index contributed by atoms with van der Waals surface area (Å²) >= 11 is 0. The third kappa shape index (κ3) is 4.80. The van der Waals surface area contributed by atoms with Crippen molar-refractivity contribution in [2.75, 3.05) is 33.4 Å². The number of ether oxygens (including phenoxy) is 1. The van der Waals surface area contributed by atoms with Crippen LogP contribution in [-0.2, 0) is 4.74 Å². The molecule has 3 heteroatoms. The van der Waals surface area contributed by atoms with Crippen molar-refractivity contribution in [1.29, 1.82) is 0 Å². The molecule has 2 unspecified atom stereocenters. The van der Waals surface area contributed by atoms with E-state index in [2.05, 4.69) is 54.4 Å². The van der Waals surface area contributed by atoms with Crippen LogP contribution in [0.25, 0.3) is 0 Å². The van der Waals surface area contributed by atoms with Crippen LogP contribution in [0.5, 0.6) is 0 Å². The predicted octanol–water partition coefficient (Wildman–Crippen LogP) is 3.08. The number of nitrogens with zero attached hydrogens (tertiary/aromatic N) is 1. The molecular formula is C18H30N2O.